The highest BCUT2D eigenvalue weighted by atomic mass is 16.5. The van der Waals surface area contributed by atoms with Gasteiger partial charge in [-0.15, -0.1) is 0 Å². The minimum absolute atomic E-state index is 0.759. The molecule has 0 fully saturated rings. The van der Waals surface area contributed by atoms with E-state index in [4.69, 9.17) is 4.74 Å². The Labute approximate surface area is 59.1 Å². The summed E-state index contributed by atoms with van der Waals surface area (Å²) in [5.41, 5.74) is 2.21. The van der Waals surface area contributed by atoms with Crippen LogP contribution in [0.3, 0.4) is 0 Å². The summed E-state index contributed by atoms with van der Waals surface area (Å²) in [4.78, 5) is 8.05. The van der Waals surface area contributed by atoms with Crippen LogP contribution in [0.15, 0.2) is 6.33 Å². The summed E-state index contributed by atoms with van der Waals surface area (Å²) in [6.07, 6.45) is 2.50. The van der Waals surface area contributed by atoms with Crippen LogP contribution in [0.1, 0.15) is 11.3 Å². The molecule has 3 heteroatoms. The van der Waals surface area contributed by atoms with Gasteiger partial charge in [-0.3, -0.25) is 0 Å². The van der Waals surface area contributed by atoms with Crippen molar-refractivity contribution in [2.45, 2.75) is 13.3 Å². The van der Waals surface area contributed by atoms with E-state index in [2.05, 4.69) is 9.97 Å². The molecule has 0 spiro atoms. The molecule has 10 heavy (non-hydrogen) atoms. The van der Waals surface area contributed by atoms with Crippen LogP contribution in [0.25, 0.3) is 0 Å². The molecule has 1 aliphatic rings. The zero-order chi connectivity index (χ0) is 6.97. The molecule has 3 nitrogen and oxygen atoms in total. The van der Waals surface area contributed by atoms with Gasteiger partial charge in [0.2, 0.25) is 5.88 Å². The van der Waals surface area contributed by atoms with E-state index in [1.807, 2.05) is 6.92 Å². The highest BCUT2D eigenvalue weighted by Gasteiger charge is 2.15. The van der Waals surface area contributed by atoms with Crippen LogP contribution in [-0.4, -0.2) is 16.6 Å². The number of nitrogens with zero attached hydrogens (tertiary/aromatic N) is 2. The van der Waals surface area contributed by atoms with Crippen LogP contribution in [0.4, 0.5) is 0 Å². The molecular weight excluding hydrogens is 128 g/mol. The molecule has 52 valence electrons. The number of hydrogen-bond acceptors (Lipinski definition) is 3. The Hall–Kier alpha value is -1.12. The third-order valence-corrected chi connectivity index (χ3v) is 1.71. The van der Waals surface area contributed by atoms with E-state index in [0.717, 1.165) is 24.6 Å². The SMILES string of the molecule is Cc1ncnc2c1CCO2. The molecule has 0 aliphatic carbocycles. The molecule has 2 rings (SSSR count). The van der Waals surface area contributed by atoms with Crippen LogP contribution in [0, 0.1) is 6.92 Å². The van der Waals surface area contributed by atoms with Gasteiger partial charge in [-0.1, -0.05) is 0 Å². The summed E-state index contributed by atoms with van der Waals surface area (Å²) in [6, 6.07) is 0. The van der Waals surface area contributed by atoms with Crippen molar-refractivity contribution >= 4 is 0 Å². The fourth-order valence-corrected chi connectivity index (χ4v) is 1.14. The second-order valence-electron chi connectivity index (χ2n) is 2.34. The fourth-order valence-electron chi connectivity index (χ4n) is 1.14. The molecule has 1 aliphatic heterocycles. The van der Waals surface area contributed by atoms with Gasteiger partial charge in [-0.05, 0) is 6.92 Å². The Kier molecular flexibility index (Phi) is 1.09. The van der Waals surface area contributed by atoms with Gasteiger partial charge in [0.15, 0.2) is 0 Å². The smallest absolute Gasteiger partial charge is 0.220 e. The summed E-state index contributed by atoms with van der Waals surface area (Å²) >= 11 is 0. The van der Waals surface area contributed by atoms with Crippen LogP contribution in [-0.2, 0) is 6.42 Å². The second-order valence-corrected chi connectivity index (χ2v) is 2.34. The highest BCUT2D eigenvalue weighted by molar-refractivity contribution is 5.31. The van der Waals surface area contributed by atoms with E-state index >= 15 is 0 Å². The normalized spacial score (nSPS) is 14.5. The van der Waals surface area contributed by atoms with E-state index in [-0.39, 0.29) is 0 Å². The number of aromatic nitrogens is 2. The van der Waals surface area contributed by atoms with Crippen molar-refractivity contribution in [2.75, 3.05) is 6.61 Å². The van der Waals surface area contributed by atoms with Crippen molar-refractivity contribution in [1.82, 2.24) is 9.97 Å². The molecule has 1 aromatic rings. The molecule has 0 unspecified atom stereocenters. The van der Waals surface area contributed by atoms with Crippen LogP contribution in [0.2, 0.25) is 0 Å². The standard InChI is InChI=1S/C7H8N2O/c1-5-6-2-3-10-7(6)9-4-8-5/h4H,2-3H2,1H3. The Morgan fingerprint density at radius 3 is 3.20 bits per heavy atom. The Bertz CT molecular complexity index is 260. The van der Waals surface area contributed by atoms with Gasteiger partial charge < -0.3 is 4.74 Å². The molecule has 0 saturated heterocycles. The second kappa shape index (κ2) is 1.94. The van der Waals surface area contributed by atoms with E-state index in [1.54, 1.807) is 6.33 Å². The molecule has 0 atom stereocenters. The summed E-state index contributed by atoms with van der Waals surface area (Å²) in [5.74, 6) is 0.771. The molecule has 0 radical (unpaired) electrons. The summed E-state index contributed by atoms with van der Waals surface area (Å²) in [5, 5.41) is 0. The molecule has 0 saturated carbocycles. The van der Waals surface area contributed by atoms with E-state index < -0.39 is 0 Å². The van der Waals surface area contributed by atoms with Crippen molar-refractivity contribution < 1.29 is 4.74 Å². The maximum Gasteiger partial charge on any atom is 0.220 e. The van der Waals surface area contributed by atoms with E-state index in [0.29, 0.717) is 0 Å². The Morgan fingerprint density at radius 1 is 1.50 bits per heavy atom. The first-order chi connectivity index (χ1) is 4.88. The lowest BCUT2D eigenvalue weighted by Crippen LogP contribution is -1.89. The number of rotatable bonds is 0. The van der Waals surface area contributed by atoms with Gasteiger partial charge in [-0.2, -0.15) is 0 Å². The number of ether oxygens (including phenoxy) is 1. The minimum Gasteiger partial charge on any atom is -0.477 e. The van der Waals surface area contributed by atoms with Gasteiger partial charge in [0, 0.05) is 17.7 Å². The lowest BCUT2D eigenvalue weighted by molar-refractivity contribution is 0.344. The maximum absolute atomic E-state index is 5.23. The van der Waals surface area contributed by atoms with Crippen molar-refractivity contribution in [3.63, 3.8) is 0 Å². The van der Waals surface area contributed by atoms with E-state index in [9.17, 15) is 0 Å². The predicted octanol–water partition coefficient (Wildman–Crippen LogP) is 0.720. The molecule has 0 N–H and O–H groups in total. The van der Waals surface area contributed by atoms with Crippen molar-refractivity contribution in [1.29, 1.82) is 0 Å². The zero-order valence-corrected chi connectivity index (χ0v) is 5.79. The average molecular weight is 136 g/mol. The van der Waals surface area contributed by atoms with Crippen LogP contribution >= 0.6 is 0 Å². The average Bonchev–Trinajstić information content (AvgIpc) is 2.36. The van der Waals surface area contributed by atoms with Crippen LogP contribution in [0.5, 0.6) is 5.88 Å². The minimum atomic E-state index is 0.759. The Balaban J connectivity index is 2.59. The maximum atomic E-state index is 5.23. The number of fused-ring (bicyclic) bond motifs is 1. The van der Waals surface area contributed by atoms with Crippen molar-refractivity contribution in [3.8, 4) is 5.88 Å². The largest absolute Gasteiger partial charge is 0.477 e. The van der Waals surface area contributed by atoms with Gasteiger partial charge in [0.05, 0.1) is 6.61 Å². The van der Waals surface area contributed by atoms with Gasteiger partial charge in [0.1, 0.15) is 6.33 Å². The molecule has 0 bridgehead atoms. The first-order valence-electron chi connectivity index (χ1n) is 3.31. The monoisotopic (exact) mass is 136 g/mol. The predicted molar refractivity (Wildman–Crippen MR) is 36.0 cm³/mol. The lowest BCUT2D eigenvalue weighted by atomic mass is 10.2. The quantitative estimate of drug-likeness (QED) is 0.527. The third kappa shape index (κ3) is 0.667. The summed E-state index contributed by atoms with van der Waals surface area (Å²) in [6.45, 7) is 2.74. The molecule has 1 aromatic heterocycles. The third-order valence-electron chi connectivity index (χ3n) is 1.71. The topological polar surface area (TPSA) is 35.0 Å². The van der Waals surface area contributed by atoms with Crippen LogP contribution < -0.4 is 4.74 Å². The fraction of sp³-hybridized carbons (Fsp3) is 0.429. The van der Waals surface area contributed by atoms with Crippen molar-refractivity contribution in [3.05, 3.63) is 17.6 Å². The number of hydrogen-bond donors (Lipinski definition) is 0. The summed E-state index contributed by atoms with van der Waals surface area (Å²) < 4.78 is 5.23. The molecule has 0 aromatic carbocycles. The van der Waals surface area contributed by atoms with E-state index in [1.165, 1.54) is 5.56 Å². The van der Waals surface area contributed by atoms with Gasteiger partial charge in [-0.25, -0.2) is 9.97 Å². The first-order valence-corrected chi connectivity index (χ1v) is 3.31. The Morgan fingerprint density at radius 2 is 2.40 bits per heavy atom. The lowest BCUT2D eigenvalue weighted by Gasteiger charge is -1.96. The van der Waals surface area contributed by atoms with Gasteiger partial charge >= 0.3 is 0 Å². The molecule has 0 amide bonds. The summed E-state index contributed by atoms with van der Waals surface area (Å²) in [7, 11) is 0. The highest BCUT2D eigenvalue weighted by Crippen LogP contribution is 2.22. The first kappa shape index (κ1) is 5.65. The zero-order valence-electron chi connectivity index (χ0n) is 5.79. The van der Waals surface area contributed by atoms with Crippen molar-refractivity contribution in [2.24, 2.45) is 0 Å². The molecular formula is C7H8N2O. The number of aryl methyl sites for hydroxylation is 1. The molecule has 2 heterocycles. The van der Waals surface area contributed by atoms with Gasteiger partial charge in [0.25, 0.3) is 0 Å².